The zero-order chi connectivity index (χ0) is 21.4. The molecule has 1 aliphatic heterocycles. The molecule has 1 unspecified atom stereocenters. The Balaban J connectivity index is 1.37. The van der Waals surface area contributed by atoms with E-state index >= 15 is 0 Å². The first-order valence-corrected chi connectivity index (χ1v) is 10.7. The van der Waals surface area contributed by atoms with Gasteiger partial charge in [-0.1, -0.05) is 24.3 Å². The third-order valence-electron chi connectivity index (χ3n) is 5.99. The Bertz CT molecular complexity index is 1180. The van der Waals surface area contributed by atoms with Crippen molar-refractivity contribution in [2.75, 3.05) is 31.1 Å². The van der Waals surface area contributed by atoms with Crippen molar-refractivity contribution >= 4 is 23.0 Å². The largest absolute Gasteiger partial charge is 0.368 e. The van der Waals surface area contributed by atoms with Crippen LogP contribution in [0.3, 0.4) is 0 Å². The van der Waals surface area contributed by atoms with Crippen LogP contribution in [0.5, 0.6) is 0 Å². The van der Waals surface area contributed by atoms with Crippen LogP contribution < -0.4 is 4.90 Å². The summed E-state index contributed by atoms with van der Waals surface area (Å²) < 4.78 is 1.83. The first-order valence-electron chi connectivity index (χ1n) is 10.7. The molecule has 1 atom stereocenters. The summed E-state index contributed by atoms with van der Waals surface area (Å²) in [4.78, 5) is 24.7. The molecule has 5 rings (SSSR count). The molecule has 0 amide bonds. The predicted octanol–water partition coefficient (Wildman–Crippen LogP) is 3.56. The predicted molar refractivity (Wildman–Crippen MR) is 122 cm³/mol. The fourth-order valence-corrected chi connectivity index (χ4v) is 4.47. The highest BCUT2D eigenvalue weighted by molar-refractivity contribution is 5.83. The van der Waals surface area contributed by atoms with Crippen molar-refractivity contribution in [2.24, 2.45) is 0 Å². The number of para-hydroxylation sites is 3. The Kier molecular flexibility index (Phi) is 5.03. The van der Waals surface area contributed by atoms with Crippen molar-refractivity contribution in [1.82, 2.24) is 24.6 Å². The van der Waals surface area contributed by atoms with Crippen LogP contribution in [-0.4, -0.2) is 57.1 Å². The standard InChI is InChI=1S/C24H26N6O/c1-17-15-18(2)30(27-17)23(16-31)29-13-11-28(12-14-29)22-10-6-3-7-19(22)24-25-20-8-4-5-9-21(20)26-24/h3-10,15-16,23H,11-14H2,1-2H3,(H,25,26). The number of aldehydes is 1. The SMILES string of the molecule is Cc1cc(C)n(C(C=O)N2CCN(c3ccccc3-c3nc4ccccc4[nH]3)CC2)n1. The van der Waals surface area contributed by atoms with Gasteiger partial charge in [0, 0.05) is 43.1 Å². The number of benzene rings is 2. The van der Waals surface area contributed by atoms with E-state index in [0.29, 0.717) is 0 Å². The van der Waals surface area contributed by atoms with Crippen LogP contribution >= 0.6 is 0 Å². The van der Waals surface area contributed by atoms with E-state index in [1.807, 2.05) is 54.9 Å². The van der Waals surface area contributed by atoms with Gasteiger partial charge in [0.25, 0.3) is 0 Å². The van der Waals surface area contributed by atoms with Gasteiger partial charge in [-0.15, -0.1) is 0 Å². The normalized spacial score (nSPS) is 16.0. The maximum atomic E-state index is 11.9. The number of anilines is 1. The molecule has 2 aromatic heterocycles. The second-order valence-corrected chi connectivity index (χ2v) is 8.06. The molecule has 7 nitrogen and oxygen atoms in total. The Morgan fingerprint density at radius 3 is 2.45 bits per heavy atom. The molecular formula is C24H26N6O. The van der Waals surface area contributed by atoms with E-state index in [1.54, 1.807) is 0 Å². The quantitative estimate of drug-likeness (QED) is 0.506. The minimum Gasteiger partial charge on any atom is -0.368 e. The van der Waals surface area contributed by atoms with E-state index in [-0.39, 0.29) is 6.17 Å². The highest BCUT2D eigenvalue weighted by Gasteiger charge is 2.27. The first kappa shape index (κ1) is 19.5. The summed E-state index contributed by atoms with van der Waals surface area (Å²) in [5, 5.41) is 4.53. The molecule has 1 aliphatic rings. The number of aromatic nitrogens is 4. The molecular weight excluding hydrogens is 388 g/mol. The van der Waals surface area contributed by atoms with Gasteiger partial charge in [-0.2, -0.15) is 5.10 Å². The average Bonchev–Trinajstić information content (AvgIpc) is 3.37. The lowest BCUT2D eigenvalue weighted by Gasteiger charge is -2.39. The summed E-state index contributed by atoms with van der Waals surface area (Å²) in [5.74, 6) is 0.882. The van der Waals surface area contributed by atoms with Gasteiger partial charge in [-0.3, -0.25) is 9.69 Å². The smallest absolute Gasteiger partial charge is 0.160 e. The van der Waals surface area contributed by atoms with Crippen LogP contribution in [0.15, 0.2) is 54.6 Å². The van der Waals surface area contributed by atoms with Gasteiger partial charge >= 0.3 is 0 Å². The van der Waals surface area contributed by atoms with Crippen LogP contribution in [-0.2, 0) is 4.79 Å². The number of H-pyrrole nitrogens is 1. The highest BCUT2D eigenvalue weighted by atomic mass is 16.1. The van der Waals surface area contributed by atoms with Crippen LogP contribution in [0.4, 0.5) is 5.69 Å². The van der Waals surface area contributed by atoms with Crippen molar-refractivity contribution in [1.29, 1.82) is 0 Å². The third-order valence-corrected chi connectivity index (χ3v) is 5.99. The van der Waals surface area contributed by atoms with Crippen molar-refractivity contribution in [3.05, 3.63) is 66.0 Å². The average molecular weight is 415 g/mol. The lowest BCUT2D eigenvalue weighted by molar-refractivity contribution is -0.116. The van der Waals surface area contributed by atoms with E-state index in [2.05, 4.69) is 38.1 Å². The van der Waals surface area contributed by atoms with Gasteiger partial charge in [0.15, 0.2) is 12.5 Å². The van der Waals surface area contributed by atoms with Gasteiger partial charge in [-0.25, -0.2) is 9.67 Å². The number of nitrogens with zero attached hydrogens (tertiary/aromatic N) is 5. The minimum absolute atomic E-state index is 0.360. The summed E-state index contributed by atoms with van der Waals surface area (Å²) in [6.07, 6.45) is 0.638. The lowest BCUT2D eigenvalue weighted by atomic mass is 10.1. The maximum absolute atomic E-state index is 11.9. The molecule has 0 spiro atoms. The number of hydrogen-bond acceptors (Lipinski definition) is 5. The first-order chi connectivity index (χ1) is 15.1. The summed E-state index contributed by atoms with van der Waals surface area (Å²) in [6.45, 7) is 7.20. The van der Waals surface area contributed by atoms with Crippen molar-refractivity contribution in [3.8, 4) is 11.4 Å². The number of carbonyl (C=O) groups is 1. The van der Waals surface area contributed by atoms with Gasteiger partial charge in [0.1, 0.15) is 5.82 Å². The molecule has 31 heavy (non-hydrogen) atoms. The number of aryl methyl sites for hydroxylation is 2. The van der Waals surface area contributed by atoms with Gasteiger partial charge in [0.05, 0.1) is 16.7 Å². The van der Waals surface area contributed by atoms with Crippen LogP contribution in [0.2, 0.25) is 0 Å². The van der Waals surface area contributed by atoms with Crippen LogP contribution in [0.1, 0.15) is 17.6 Å². The fraction of sp³-hybridized carbons (Fsp3) is 0.292. The number of imidazole rings is 1. The number of aromatic amines is 1. The molecule has 0 saturated carbocycles. The lowest BCUT2D eigenvalue weighted by Crippen LogP contribution is -2.49. The molecule has 1 N–H and O–H groups in total. The Morgan fingerprint density at radius 1 is 1.00 bits per heavy atom. The zero-order valence-corrected chi connectivity index (χ0v) is 17.8. The van der Waals surface area contributed by atoms with Crippen molar-refractivity contribution < 1.29 is 4.79 Å². The van der Waals surface area contributed by atoms with Gasteiger partial charge < -0.3 is 9.88 Å². The van der Waals surface area contributed by atoms with E-state index in [9.17, 15) is 4.79 Å². The van der Waals surface area contributed by atoms with Gasteiger partial charge in [-0.05, 0) is 44.2 Å². The van der Waals surface area contributed by atoms with Crippen LogP contribution in [0, 0.1) is 13.8 Å². The van der Waals surface area contributed by atoms with E-state index < -0.39 is 0 Å². The Hall–Kier alpha value is -3.45. The van der Waals surface area contributed by atoms with E-state index in [4.69, 9.17) is 4.98 Å². The summed E-state index contributed by atoms with van der Waals surface area (Å²) in [7, 11) is 0. The van der Waals surface area contributed by atoms with Crippen LogP contribution in [0.25, 0.3) is 22.4 Å². The number of rotatable bonds is 5. The fourth-order valence-electron chi connectivity index (χ4n) is 4.47. The molecule has 0 radical (unpaired) electrons. The topological polar surface area (TPSA) is 70.1 Å². The summed E-state index contributed by atoms with van der Waals surface area (Å²) >= 11 is 0. The van der Waals surface area contributed by atoms with Crippen molar-refractivity contribution in [3.63, 3.8) is 0 Å². The minimum atomic E-state index is -0.360. The number of carbonyl (C=O) groups excluding carboxylic acids is 1. The molecule has 3 heterocycles. The maximum Gasteiger partial charge on any atom is 0.160 e. The number of nitrogens with one attached hydrogen (secondary N) is 1. The molecule has 0 aliphatic carbocycles. The summed E-state index contributed by atoms with van der Waals surface area (Å²) in [6, 6.07) is 18.5. The number of fused-ring (bicyclic) bond motifs is 1. The summed E-state index contributed by atoms with van der Waals surface area (Å²) in [5.41, 5.74) is 6.20. The number of piperazine rings is 1. The zero-order valence-electron chi connectivity index (χ0n) is 17.8. The molecule has 1 saturated heterocycles. The van der Waals surface area contributed by atoms with Gasteiger partial charge in [0.2, 0.25) is 0 Å². The Morgan fingerprint density at radius 2 is 1.74 bits per heavy atom. The second kappa shape index (κ2) is 8.00. The highest BCUT2D eigenvalue weighted by Crippen LogP contribution is 2.31. The second-order valence-electron chi connectivity index (χ2n) is 8.06. The molecule has 2 aromatic carbocycles. The molecule has 158 valence electrons. The van der Waals surface area contributed by atoms with E-state index in [0.717, 1.165) is 72.0 Å². The van der Waals surface area contributed by atoms with E-state index in [1.165, 1.54) is 0 Å². The monoisotopic (exact) mass is 414 g/mol. The molecule has 0 bridgehead atoms. The number of hydrogen-bond donors (Lipinski definition) is 1. The molecule has 7 heteroatoms. The molecule has 4 aromatic rings. The third kappa shape index (κ3) is 3.61. The van der Waals surface area contributed by atoms with Crippen molar-refractivity contribution in [2.45, 2.75) is 20.0 Å². The Labute approximate surface area is 181 Å². The molecule has 1 fully saturated rings.